The van der Waals surface area contributed by atoms with E-state index < -0.39 is 0 Å². The van der Waals surface area contributed by atoms with Crippen molar-refractivity contribution in [3.63, 3.8) is 0 Å². The van der Waals surface area contributed by atoms with Crippen LogP contribution in [0.25, 0.3) is 22.2 Å². The second-order valence-corrected chi connectivity index (χ2v) is 4.73. The molecule has 2 N–H and O–H groups in total. The Morgan fingerprint density at radius 1 is 1.40 bits per heavy atom. The first-order valence-electron chi connectivity index (χ1n) is 6.01. The summed E-state index contributed by atoms with van der Waals surface area (Å²) in [5.41, 5.74) is 2.63. The number of amides is 1. The van der Waals surface area contributed by atoms with Gasteiger partial charge in [0.05, 0.1) is 0 Å². The van der Waals surface area contributed by atoms with Crippen LogP contribution < -0.4 is 5.32 Å². The number of H-pyrrole nitrogens is 1. The molecule has 0 spiro atoms. The highest BCUT2D eigenvalue weighted by Gasteiger charge is 2.09. The van der Waals surface area contributed by atoms with Crippen LogP contribution in [0.3, 0.4) is 0 Å². The van der Waals surface area contributed by atoms with Gasteiger partial charge >= 0.3 is 0 Å². The van der Waals surface area contributed by atoms with E-state index in [1.165, 1.54) is 6.92 Å². The zero-order valence-corrected chi connectivity index (χ0v) is 11.4. The maximum Gasteiger partial charge on any atom is 0.222 e. The summed E-state index contributed by atoms with van der Waals surface area (Å²) in [7, 11) is 0. The Morgan fingerprint density at radius 3 is 3.05 bits per heavy atom. The van der Waals surface area contributed by atoms with E-state index in [9.17, 15) is 4.79 Å². The van der Waals surface area contributed by atoms with E-state index in [1.54, 1.807) is 18.3 Å². The Kier molecular flexibility index (Phi) is 3.12. The van der Waals surface area contributed by atoms with Gasteiger partial charge in [0, 0.05) is 30.3 Å². The Bertz CT molecular complexity index is 797. The minimum atomic E-state index is -0.189. The van der Waals surface area contributed by atoms with Crippen LogP contribution in [0.2, 0.25) is 5.15 Å². The molecule has 0 aliphatic heterocycles. The predicted molar refractivity (Wildman–Crippen MR) is 78.6 cm³/mol. The smallest absolute Gasteiger partial charge is 0.222 e. The quantitative estimate of drug-likeness (QED) is 0.711. The molecule has 3 heterocycles. The van der Waals surface area contributed by atoms with Gasteiger partial charge in [-0.05, 0) is 29.8 Å². The van der Waals surface area contributed by atoms with E-state index in [-0.39, 0.29) is 5.91 Å². The number of fused-ring (bicyclic) bond motifs is 1. The number of rotatable bonds is 2. The topological polar surface area (TPSA) is 70.7 Å². The third-order valence-corrected chi connectivity index (χ3v) is 3.05. The molecule has 20 heavy (non-hydrogen) atoms. The molecule has 0 atom stereocenters. The average molecular weight is 287 g/mol. The van der Waals surface area contributed by atoms with Crippen molar-refractivity contribution in [2.24, 2.45) is 0 Å². The second kappa shape index (κ2) is 4.94. The molecule has 5 nitrogen and oxygen atoms in total. The second-order valence-electron chi connectivity index (χ2n) is 4.35. The Labute approximate surface area is 120 Å². The summed E-state index contributed by atoms with van der Waals surface area (Å²) in [6.45, 7) is 1.43. The standard InChI is InChI=1S/C14H11ClN4O/c1-8(20)18-13-6-9(5-12(15)19-13)11-7-17-14-10(11)3-2-4-16-14/h2-7H,1H3,(H,16,17)(H,18,19,20). The van der Waals surface area contributed by atoms with Gasteiger partial charge in [0.1, 0.15) is 16.6 Å². The Morgan fingerprint density at radius 2 is 2.25 bits per heavy atom. The number of aromatic nitrogens is 3. The van der Waals surface area contributed by atoms with Crippen molar-refractivity contribution in [1.82, 2.24) is 15.0 Å². The predicted octanol–water partition coefficient (Wildman–Crippen LogP) is 3.24. The fraction of sp³-hybridized carbons (Fsp3) is 0.0714. The first kappa shape index (κ1) is 12.6. The monoisotopic (exact) mass is 286 g/mol. The lowest BCUT2D eigenvalue weighted by Crippen LogP contribution is -2.07. The molecule has 3 aromatic rings. The molecular weight excluding hydrogens is 276 g/mol. The summed E-state index contributed by atoms with van der Waals surface area (Å²) in [5, 5.41) is 3.95. The molecule has 1 amide bonds. The highest BCUT2D eigenvalue weighted by molar-refractivity contribution is 6.30. The van der Waals surface area contributed by atoms with Crippen molar-refractivity contribution in [3.05, 3.63) is 41.8 Å². The lowest BCUT2D eigenvalue weighted by molar-refractivity contribution is -0.114. The summed E-state index contributed by atoms with van der Waals surface area (Å²) in [6.07, 6.45) is 3.59. The molecule has 0 unspecified atom stereocenters. The summed E-state index contributed by atoms with van der Waals surface area (Å²) in [5.74, 6) is 0.240. The Balaban J connectivity index is 2.14. The van der Waals surface area contributed by atoms with Crippen LogP contribution in [-0.4, -0.2) is 20.9 Å². The van der Waals surface area contributed by atoms with Crippen LogP contribution in [0.15, 0.2) is 36.7 Å². The zero-order valence-electron chi connectivity index (χ0n) is 10.6. The maximum atomic E-state index is 11.1. The molecular formula is C14H11ClN4O. The number of halogens is 1. The lowest BCUT2D eigenvalue weighted by atomic mass is 10.1. The van der Waals surface area contributed by atoms with E-state index >= 15 is 0 Å². The number of nitrogens with zero attached hydrogens (tertiary/aromatic N) is 2. The molecule has 0 aromatic carbocycles. The number of anilines is 1. The number of carbonyl (C=O) groups excluding carboxylic acids is 1. The van der Waals surface area contributed by atoms with Gasteiger partial charge in [-0.25, -0.2) is 9.97 Å². The normalized spacial score (nSPS) is 10.7. The molecule has 0 aliphatic rings. The van der Waals surface area contributed by atoms with E-state index in [0.717, 1.165) is 22.2 Å². The van der Waals surface area contributed by atoms with E-state index in [0.29, 0.717) is 11.0 Å². The summed E-state index contributed by atoms with van der Waals surface area (Å²) in [6, 6.07) is 7.38. The van der Waals surface area contributed by atoms with Crippen molar-refractivity contribution in [1.29, 1.82) is 0 Å². The SMILES string of the molecule is CC(=O)Nc1cc(-c2c[nH]c3ncccc23)cc(Cl)n1. The fourth-order valence-corrected chi connectivity index (χ4v) is 2.30. The van der Waals surface area contributed by atoms with Gasteiger partial charge < -0.3 is 10.3 Å². The summed E-state index contributed by atoms with van der Waals surface area (Å²) >= 11 is 6.01. The molecule has 0 radical (unpaired) electrons. The number of pyridine rings is 2. The highest BCUT2D eigenvalue weighted by atomic mass is 35.5. The third-order valence-electron chi connectivity index (χ3n) is 2.86. The van der Waals surface area contributed by atoms with Gasteiger partial charge in [-0.3, -0.25) is 4.79 Å². The number of carbonyl (C=O) groups is 1. The van der Waals surface area contributed by atoms with Crippen LogP contribution in [-0.2, 0) is 4.79 Å². The Hall–Kier alpha value is -2.40. The zero-order chi connectivity index (χ0) is 14.1. The van der Waals surface area contributed by atoms with Crippen molar-refractivity contribution < 1.29 is 4.79 Å². The van der Waals surface area contributed by atoms with Crippen LogP contribution in [0.1, 0.15) is 6.92 Å². The summed E-state index contributed by atoms with van der Waals surface area (Å²) in [4.78, 5) is 22.5. The fourth-order valence-electron chi connectivity index (χ4n) is 2.09. The van der Waals surface area contributed by atoms with Gasteiger partial charge in [-0.2, -0.15) is 0 Å². The number of hydrogen-bond acceptors (Lipinski definition) is 3. The molecule has 3 aromatic heterocycles. The number of hydrogen-bond donors (Lipinski definition) is 2. The maximum absolute atomic E-state index is 11.1. The molecule has 0 saturated carbocycles. The summed E-state index contributed by atoms with van der Waals surface area (Å²) < 4.78 is 0. The first-order chi connectivity index (χ1) is 9.63. The van der Waals surface area contributed by atoms with Gasteiger partial charge in [0.2, 0.25) is 5.91 Å². The van der Waals surface area contributed by atoms with Gasteiger partial charge in [0.15, 0.2) is 0 Å². The van der Waals surface area contributed by atoms with Crippen LogP contribution >= 0.6 is 11.6 Å². The van der Waals surface area contributed by atoms with Gasteiger partial charge in [-0.15, -0.1) is 0 Å². The van der Waals surface area contributed by atoms with Gasteiger partial charge in [-0.1, -0.05) is 11.6 Å². The van der Waals surface area contributed by atoms with Gasteiger partial charge in [0.25, 0.3) is 0 Å². The van der Waals surface area contributed by atoms with E-state index in [2.05, 4.69) is 20.3 Å². The molecule has 3 rings (SSSR count). The van der Waals surface area contributed by atoms with E-state index in [1.807, 2.05) is 18.3 Å². The minimum absolute atomic E-state index is 0.189. The van der Waals surface area contributed by atoms with Crippen molar-refractivity contribution in [3.8, 4) is 11.1 Å². The molecule has 6 heteroatoms. The number of nitrogens with one attached hydrogen (secondary N) is 2. The lowest BCUT2D eigenvalue weighted by Gasteiger charge is -2.05. The molecule has 100 valence electrons. The first-order valence-corrected chi connectivity index (χ1v) is 6.39. The molecule has 0 saturated heterocycles. The third kappa shape index (κ3) is 2.35. The van der Waals surface area contributed by atoms with Crippen LogP contribution in [0.5, 0.6) is 0 Å². The van der Waals surface area contributed by atoms with Crippen molar-refractivity contribution >= 4 is 34.4 Å². The molecule has 0 bridgehead atoms. The van der Waals surface area contributed by atoms with Crippen LogP contribution in [0, 0.1) is 0 Å². The number of aromatic amines is 1. The molecule has 0 aliphatic carbocycles. The average Bonchev–Trinajstić information content (AvgIpc) is 2.80. The van der Waals surface area contributed by atoms with Crippen molar-refractivity contribution in [2.45, 2.75) is 6.92 Å². The van der Waals surface area contributed by atoms with E-state index in [4.69, 9.17) is 11.6 Å². The van der Waals surface area contributed by atoms with Crippen molar-refractivity contribution in [2.75, 3.05) is 5.32 Å². The highest BCUT2D eigenvalue weighted by Crippen LogP contribution is 2.30. The largest absolute Gasteiger partial charge is 0.346 e. The van der Waals surface area contributed by atoms with Crippen LogP contribution in [0.4, 0.5) is 5.82 Å². The molecule has 0 fully saturated rings. The minimum Gasteiger partial charge on any atom is -0.346 e.